The number of nitro benzene ring substituents is 1. The molecule has 0 fully saturated rings. The van der Waals surface area contributed by atoms with E-state index in [1.54, 1.807) is 24.5 Å². The van der Waals surface area contributed by atoms with E-state index in [1.165, 1.54) is 6.07 Å². The Labute approximate surface area is 80.7 Å². The normalized spacial score (nSPS) is 12.1. The molecule has 73 valence electrons. The molecule has 5 heteroatoms. The maximum absolute atomic E-state index is 10.6. The summed E-state index contributed by atoms with van der Waals surface area (Å²) in [5.41, 5.74) is 5.76. The fourth-order valence-corrected chi connectivity index (χ4v) is 1.14. The Hall–Kier alpha value is -1.75. The predicted molar refractivity (Wildman–Crippen MR) is 50.5 cm³/mol. The molecular weight excluding hydrogens is 184 g/mol. The Balaban J connectivity index is 2.95. The summed E-state index contributed by atoms with van der Waals surface area (Å²) in [5, 5.41) is 10.6. The summed E-state index contributed by atoms with van der Waals surface area (Å²) in [6, 6.07) is 5.39. The quantitative estimate of drug-likeness (QED) is 0.559. The fraction of sp³-hybridized carbons (Fsp3) is 0.222. The van der Waals surface area contributed by atoms with Crippen LogP contribution in [-0.4, -0.2) is 17.3 Å². The van der Waals surface area contributed by atoms with E-state index in [9.17, 15) is 14.9 Å². The fourth-order valence-electron chi connectivity index (χ4n) is 1.14. The Morgan fingerprint density at radius 3 is 2.71 bits per heavy atom. The lowest BCUT2D eigenvalue weighted by Gasteiger charge is -2.03. The zero-order chi connectivity index (χ0) is 10.6. The summed E-state index contributed by atoms with van der Waals surface area (Å²) >= 11 is 0. The minimum Gasteiger partial charge on any atom is -0.321 e. The Morgan fingerprint density at radius 1 is 1.50 bits per heavy atom. The van der Waals surface area contributed by atoms with E-state index < -0.39 is 11.0 Å². The monoisotopic (exact) mass is 193 g/mol. The molecule has 1 aromatic rings. The van der Waals surface area contributed by atoms with Crippen LogP contribution in [0.4, 0.5) is 5.69 Å². The van der Waals surface area contributed by atoms with Crippen molar-refractivity contribution < 1.29 is 9.72 Å². The summed E-state index contributed by atoms with van der Waals surface area (Å²) in [4.78, 5) is 20.2. The third-order valence-corrected chi connectivity index (χ3v) is 1.78. The van der Waals surface area contributed by atoms with Crippen LogP contribution in [-0.2, 0) is 11.2 Å². The molecule has 5 nitrogen and oxygen atoms in total. The molecule has 1 radical (unpaired) electrons. The average molecular weight is 193 g/mol. The van der Waals surface area contributed by atoms with Crippen molar-refractivity contribution in [3.05, 3.63) is 39.9 Å². The van der Waals surface area contributed by atoms with Crippen molar-refractivity contribution in [2.75, 3.05) is 0 Å². The molecule has 0 spiro atoms. The molecule has 1 unspecified atom stereocenters. The highest BCUT2D eigenvalue weighted by molar-refractivity contribution is 5.59. The lowest BCUT2D eigenvalue weighted by atomic mass is 10.1. The number of nitro groups is 1. The molecule has 0 saturated carbocycles. The molecule has 0 amide bonds. The summed E-state index contributed by atoms with van der Waals surface area (Å²) in [6.45, 7) is 0. The highest BCUT2D eigenvalue weighted by atomic mass is 16.6. The number of carbonyl (C=O) groups excluding carboxylic acids is 1. The van der Waals surface area contributed by atoms with Crippen molar-refractivity contribution in [3.8, 4) is 0 Å². The van der Waals surface area contributed by atoms with Gasteiger partial charge in [-0.25, -0.2) is 0 Å². The maximum Gasteiger partial charge on any atom is 0.272 e. The zero-order valence-electron chi connectivity index (χ0n) is 7.34. The molecule has 0 heterocycles. The van der Waals surface area contributed by atoms with E-state index in [0.29, 0.717) is 5.56 Å². The molecule has 0 saturated heterocycles. The van der Waals surface area contributed by atoms with Crippen LogP contribution >= 0.6 is 0 Å². The van der Waals surface area contributed by atoms with Gasteiger partial charge in [0, 0.05) is 18.1 Å². The number of nitrogens with two attached hydrogens (primary N) is 1. The van der Waals surface area contributed by atoms with Crippen molar-refractivity contribution in [1.29, 1.82) is 0 Å². The van der Waals surface area contributed by atoms with Gasteiger partial charge >= 0.3 is 0 Å². The van der Waals surface area contributed by atoms with E-state index in [0.717, 1.165) is 0 Å². The third-order valence-electron chi connectivity index (χ3n) is 1.78. The van der Waals surface area contributed by atoms with E-state index in [4.69, 9.17) is 5.73 Å². The Kier molecular flexibility index (Phi) is 3.30. The second-order valence-electron chi connectivity index (χ2n) is 2.81. The molecular formula is C9H9N2O3. The minimum atomic E-state index is -0.809. The predicted octanol–water partition coefficient (Wildman–Crippen LogP) is 0.574. The first-order chi connectivity index (χ1) is 6.65. The molecule has 2 N–H and O–H groups in total. The number of hydrogen-bond acceptors (Lipinski definition) is 4. The van der Waals surface area contributed by atoms with E-state index >= 15 is 0 Å². The highest BCUT2D eigenvalue weighted by Gasteiger charge is 2.14. The van der Waals surface area contributed by atoms with Gasteiger partial charge in [-0.1, -0.05) is 18.2 Å². The molecule has 0 aliphatic carbocycles. The van der Waals surface area contributed by atoms with Crippen molar-refractivity contribution in [3.63, 3.8) is 0 Å². The molecule has 0 aromatic heterocycles. The van der Waals surface area contributed by atoms with Gasteiger partial charge in [0.15, 0.2) is 0 Å². The van der Waals surface area contributed by atoms with Crippen LogP contribution < -0.4 is 5.73 Å². The summed E-state index contributed by atoms with van der Waals surface area (Å²) in [6.07, 6.45) is 1.72. The number of hydrogen-bond donors (Lipinski definition) is 1. The number of nitrogens with zero attached hydrogens (tertiary/aromatic N) is 1. The van der Waals surface area contributed by atoms with Gasteiger partial charge < -0.3 is 5.73 Å². The SMILES string of the molecule is NC([C]=O)Cc1ccccc1[N+](=O)[O-]. The van der Waals surface area contributed by atoms with Crippen molar-refractivity contribution >= 4 is 12.0 Å². The van der Waals surface area contributed by atoms with E-state index in [1.807, 2.05) is 0 Å². The summed E-state index contributed by atoms with van der Waals surface area (Å²) in [7, 11) is 0. The second-order valence-corrected chi connectivity index (χ2v) is 2.81. The largest absolute Gasteiger partial charge is 0.321 e. The summed E-state index contributed by atoms with van der Waals surface area (Å²) < 4.78 is 0. The van der Waals surface area contributed by atoms with Gasteiger partial charge in [-0.15, -0.1) is 0 Å². The van der Waals surface area contributed by atoms with Gasteiger partial charge in [0.25, 0.3) is 5.69 Å². The standard InChI is InChI=1S/C9H9N2O3/c10-8(6-12)5-7-3-1-2-4-9(7)11(13)14/h1-4,8H,5,10H2. The van der Waals surface area contributed by atoms with E-state index in [-0.39, 0.29) is 12.1 Å². The highest BCUT2D eigenvalue weighted by Crippen LogP contribution is 2.18. The maximum atomic E-state index is 10.6. The van der Waals surface area contributed by atoms with E-state index in [2.05, 4.69) is 0 Å². The molecule has 1 aromatic carbocycles. The Morgan fingerprint density at radius 2 is 2.14 bits per heavy atom. The first kappa shape index (κ1) is 10.3. The molecule has 0 aliphatic heterocycles. The van der Waals surface area contributed by atoms with Crippen LogP contribution in [0.1, 0.15) is 5.56 Å². The molecule has 1 atom stereocenters. The smallest absolute Gasteiger partial charge is 0.272 e. The Bertz CT molecular complexity index is 352. The van der Waals surface area contributed by atoms with Gasteiger partial charge in [-0.05, 0) is 0 Å². The summed E-state index contributed by atoms with van der Waals surface area (Å²) in [5.74, 6) is 0. The van der Waals surface area contributed by atoms with Crippen molar-refractivity contribution in [2.45, 2.75) is 12.5 Å². The van der Waals surface area contributed by atoms with Gasteiger partial charge in [-0.3, -0.25) is 14.9 Å². The molecule has 1 rings (SSSR count). The molecule has 0 bridgehead atoms. The number of benzene rings is 1. The number of rotatable bonds is 4. The number of para-hydroxylation sites is 1. The second kappa shape index (κ2) is 4.48. The van der Waals surface area contributed by atoms with Crippen LogP contribution in [0, 0.1) is 10.1 Å². The molecule has 0 aliphatic rings. The average Bonchev–Trinajstić information content (AvgIpc) is 2.18. The third kappa shape index (κ3) is 2.37. The first-order valence-electron chi connectivity index (χ1n) is 4.00. The van der Waals surface area contributed by atoms with Gasteiger partial charge in [0.05, 0.1) is 11.0 Å². The minimum absolute atomic E-state index is 0.0156. The van der Waals surface area contributed by atoms with Crippen LogP contribution in [0.3, 0.4) is 0 Å². The molecule has 14 heavy (non-hydrogen) atoms. The van der Waals surface area contributed by atoms with Crippen molar-refractivity contribution in [2.24, 2.45) is 5.73 Å². The van der Waals surface area contributed by atoms with Gasteiger partial charge in [-0.2, -0.15) is 0 Å². The van der Waals surface area contributed by atoms with Gasteiger partial charge in [0.2, 0.25) is 6.29 Å². The lowest BCUT2D eigenvalue weighted by Crippen LogP contribution is -2.24. The van der Waals surface area contributed by atoms with Crippen molar-refractivity contribution in [1.82, 2.24) is 0 Å². The first-order valence-corrected chi connectivity index (χ1v) is 4.00. The van der Waals surface area contributed by atoms with Crippen LogP contribution in [0.25, 0.3) is 0 Å². The zero-order valence-corrected chi connectivity index (χ0v) is 7.34. The topological polar surface area (TPSA) is 86.2 Å². The lowest BCUT2D eigenvalue weighted by molar-refractivity contribution is -0.385. The van der Waals surface area contributed by atoms with Crippen LogP contribution in [0.15, 0.2) is 24.3 Å². The van der Waals surface area contributed by atoms with Crippen LogP contribution in [0.5, 0.6) is 0 Å². The van der Waals surface area contributed by atoms with Crippen LogP contribution in [0.2, 0.25) is 0 Å². The van der Waals surface area contributed by atoms with Gasteiger partial charge in [0.1, 0.15) is 0 Å².